The fourth-order valence-electron chi connectivity index (χ4n) is 4.92. The monoisotopic (exact) mass is 480 g/mol. The number of benzene rings is 1. The van der Waals surface area contributed by atoms with Gasteiger partial charge in [0.15, 0.2) is 6.61 Å². The molecule has 2 aliphatic rings. The summed E-state index contributed by atoms with van der Waals surface area (Å²) in [4.78, 5) is 61.0. The molecule has 1 heterocycles. The summed E-state index contributed by atoms with van der Waals surface area (Å²) in [6, 6.07) is 3.00. The van der Waals surface area contributed by atoms with E-state index in [1.165, 1.54) is 12.1 Å². The van der Waals surface area contributed by atoms with Crippen molar-refractivity contribution in [2.24, 2.45) is 11.3 Å². The van der Waals surface area contributed by atoms with Crippen LogP contribution in [0.25, 0.3) is 0 Å². The highest BCUT2D eigenvalue weighted by atomic mass is 35.5. The molecule has 1 aliphatic carbocycles. The first-order chi connectivity index (χ1) is 15.3. The number of urea groups is 1. The van der Waals surface area contributed by atoms with Crippen molar-refractivity contribution in [3.8, 4) is 0 Å². The van der Waals surface area contributed by atoms with Gasteiger partial charge in [-0.3, -0.25) is 29.4 Å². The first-order valence-electron chi connectivity index (χ1n) is 10.4. The highest BCUT2D eigenvalue weighted by molar-refractivity contribution is 6.31. The van der Waals surface area contributed by atoms with Gasteiger partial charge >= 0.3 is 12.0 Å². The lowest BCUT2D eigenvalue weighted by Gasteiger charge is -2.43. The predicted molar refractivity (Wildman–Crippen MR) is 117 cm³/mol. The number of rotatable bonds is 6. The normalized spacial score (nSPS) is 23.9. The summed E-state index contributed by atoms with van der Waals surface area (Å²) >= 11 is 5.73. The molecule has 2 N–H and O–H groups in total. The van der Waals surface area contributed by atoms with E-state index < -0.39 is 53.1 Å². The summed E-state index contributed by atoms with van der Waals surface area (Å²) in [5, 5.41) is 16.2. The standard InChI is InChI=1S/C21H25ClN4O7/c1-12-7-20(2,3)11-21(8-12)18(29)25(19(30)24-21)9-17(28)33-10-16(27)23-14-5-4-13(22)6-15(14)26(31)32/h4-6,12H,7-11H2,1-3H3,(H,23,27)(H,24,30). The van der Waals surface area contributed by atoms with E-state index in [9.17, 15) is 29.3 Å². The van der Waals surface area contributed by atoms with Crippen LogP contribution in [-0.4, -0.2) is 52.3 Å². The lowest BCUT2D eigenvalue weighted by Crippen LogP contribution is -2.54. The number of nitro groups is 1. The molecule has 1 saturated heterocycles. The second kappa shape index (κ2) is 8.97. The average molecular weight is 481 g/mol. The average Bonchev–Trinajstić information content (AvgIpc) is 2.89. The highest BCUT2D eigenvalue weighted by Crippen LogP contribution is 2.46. The van der Waals surface area contributed by atoms with Crippen LogP contribution in [-0.2, 0) is 19.1 Å². The number of amides is 4. The van der Waals surface area contributed by atoms with Crippen LogP contribution in [0.5, 0.6) is 0 Å². The lowest BCUT2D eigenvalue weighted by atomic mass is 9.64. The van der Waals surface area contributed by atoms with E-state index >= 15 is 0 Å². The van der Waals surface area contributed by atoms with Crippen LogP contribution < -0.4 is 10.6 Å². The number of nitrogens with one attached hydrogen (secondary N) is 2. The minimum atomic E-state index is -1.05. The third-order valence-corrected chi connectivity index (χ3v) is 5.94. The number of nitrogens with zero attached hydrogens (tertiary/aromatic N) is 2. The molecule has 11 nitrogen and oxygen atoms in total. The first kappa shape index (κ1) is 24.4. The summed E-state index contributed by atoms with van der Waals surface area (Å²) in [5.74, 6) is -2.06. The van der Waals surface area contributed by atoms with Gasteiger partial charge in [0.2, 0.25) is 0 Å². The molecule has 1 aromatic rings. The Morgan fingerprint density at radius 3 is 2.67 bits per heavy atom. The molecule has 4 amide bonds. The fraction of sp³-hybridized carbons (Fsp3) is 0.524. The predicted octanol–water partition coefficient (Wildman–Crippen LogP) is 2.87. The molecule has 0 aromatic heterocycles. The number of hydrogen-bond donors (Lipinski definition) is 2. The summed E-state index contributed by atoms with van der Waals surface area (Å²) < 4.78 is 4.88. The summed E-state index contributed by atoms with van der Waals surface area (Å²) in [6.07, 6.45) is 1.86. The molecule has 0 bridgehead atoms. The number of carbonyl (C=O) groups is 4. The van der Waals surface area contributed by atoms with Crippen LogP contribution in [0, 0.1) is 21.4 Å². The Kier molecular flexibility index (Phi) is 6.64. The van der Waals surface area contributed by atoms with Gasteiger partial charge < -0.3 is 15.4 Å². The Morgan fingerprint density at radius 2 is 2.03 bits per heavy atom. The number of nitro benzene ring substituents is 1. The number of hydrogen-bond acceptors (Lipinski definition) is 7. The van der Waals surface area contributed by atoms with Crippen LogP contribution in [0.15, 0.2) is 18.2 Å². The largest absolute Gasteiger partial charge is 0.454 e. The van der Waals surface area contributed by atoms with Gasteiger partial charge in [0.05, 0.1) is 4.92 Å². The number of ether oxygens (including phenoxy) is 1. The van der Waals surface area contributed by atoms with Crippen molar-refractivity contribution >= 4 is 46.8 Å². The molecule has 1 spiro atoms. The van der Waals surface area contributed by atoms with E-state index in [2.05, 4.69) is 10.6 Å². The Labute approximate surface area is 194 Å². The van der Waals surface area contributed by atoms with Crippen LogP contribution >= 0.6 is 11.6 Å². The smallest absolute Gasteiger partial charge is 0.326 e. The molecule has 2 fully saturated rings. The molecule has 12 heteroatoms. The van der Waals surface area contributed by atoms with Crippen LogP contribution in [0.1, 0.15) is 40.0 Å². The number of imide groups is 1. The molecule has 2 atom stereocenters. The molecule has 3 rings (SSSR count). The lowest BCUT2D eigenvalue weighted by molar-refractivity contribution is -0.383. The molecule has 178 valence electrons. The van der Waals surface area contributed by atoms with Crippen molar-refractivity contribution in [3.05, 3.63) is 33.3 Å². The van der Waals surface area contributed by atoms with Crippen molar-refractivity contribution in [1.29, 1.82) is 0 Å². The van der Waals surface area contributed by atoms with E-state index in [0.29, 0.717) is 12.8 Å². The number of esters is 1. The zero-order valence-corrected chi connectivity index (χ0v) is 19.2. The van der Waals surface area contributed by atoms with Gasteiger partial charge in [-0.25, -0.2) is 4.79 Å². The van der Waals surface area contributed by atoms with Crippen LogP contribution in [0.2, 0.25) is 5.02 Å². The van der Waals surface area contributed by atoms with Gasteiger partial charge in [-0.05, 0) is 42.7 Å². The van der Waals surface area contributed by atoms with E-state index in [1.807, 2.05) is 20.8 Å². The van der Waals surface area contributed by atoms with E-state index in [1.54, 1.807) is 0 Å². The summed E-state index contributed by atoms with van der Waals surface area (Å²) in [5.41, 5.74) is -1.74. The third-order valence-electron chi connectivity index (χ3n) is 5.71. The zero-order chi connectivity index (χ0) is 24.6. The van der Waals surface area contributed by atoms with Gasteiger partial charge in [0.1, 0.15) is 17.8 Å². The summed E-state index contributed by atoms with van der Waals surface area (Å²) in [6.45, 7) is 4.69. The Bertz CT molecular complexity index is 1030. The number of halogens is 1. The maximum Gasteiger partial charge on any atom is 0.326 e. The zero-order valence-electron chi connectivity index (χ0n) is 18.5. The van der Waals surface area contributed by atoms with Gasteiger partial charge in [0, 0.05) is 11.1 Å². The molecule has 33 heavy (non-hydrogen) atoms. The van der Waals surface area contributed by atoms with Crippen molar-refractivity contribution in [2.45, 2.75) is 45.6 Å². The molecular formula is C21H25ClN4O7. The minimum Gasteiger partial charge on any atom is -0.454 e. The molecule has 0 radical (unpaired) electrons. The van der Waals surface area contributed by atoms with Crippen molar-refractivity contribution in [1.82, 2.24) is 10.2 Å². The van der Waals surface area contributed by atoms with Gasteiger partial charge in [0.25, 0.3) is 17.5 Å². The van der Waals surface area contributed by atoms with Gasteiger partial charge in [-0.1, -0.05) is 32.4 Å². The maximum atomic E-state index is 13.1. The molecular weight excluding hydrogens is 456 g/mol. The number of anilines is 1. The second-order valence-electron chi connectivity index (χ2n) is 9.39. The summed E-state index contributed by atoms with van der Waals surface area (Å²) in [7, 11) is 0. The Hall–Kier alpha value is -3.21. The maximum absolute atomic E-state index is 13.1. The van der Waals surface area contributed by atoms with Crippen molar-refractivity contribution in [3.63, 3.8) is 0 Å². The quantitative estimate of drug-likeness (QED) is 0.275. The highest BCUT2D eigenvalue weighted by Gasteiger charge is 2.56. The van der Waals surface area contributed by atoms with Gasteiger partial charge in [-0.2, -0.15) is 0 Å². The fourth-order valence-corrected chi connectivity index (χ4v) is 5.08. The molecule has 1 saturated carbocycles. The second-order valence-corrected chi connectivity index (χ2v) is 9.82. The third kappa shape index (κ3) is 5.41. The van der Waals surface area contributed by atoms with E-state index in [0.717, 1.165) is 17.4 Å². The van der Waals surface area contributed by atoms with Crippen LogP contribution in [0.4, 0.5) is 16.2 Å². The molecule has 1 aliphatic heterocycles. The van der Waals surface area contributed by atoms with Crippen LogP contribution in [0.3, 0.4) is 0 Å². The Morgan fingerprint density at radius 1 is 1.33 bits per heavy atom. The van der Waals surface area contributed by atoms with E-state index in [4.69, 9.17) is 16.3 Å². The number of carbonyl (C=O) groups excluding carboxylic acids is 4. The first-order valence-corrected chi connectivity index (χ1v) is 10.7. The van der Waals surface area contributed by atoms with Crippen molar-refractivity contribution in [2.75, 3.05) is 18.5 Å². The van der Waals surface area contributed by atoms with Gasteiger partial charge in [-0.15, -0.1) is 0 Å². The minimum absolute atomic E-state index is 0.115. The molecule has 1 aromatic carbocycles. The SMILES string of the molecule is CC1CC(C)(C)CC2(C1)NC(=O)N(CC(=O)OCC(=O)Nc1ccc(Cl)cc1[N+](=O)[O-])C2=O. The van der Waals surface area contributed by atoms with E-state index in [-0.39, 0.29) is 22.0 Å². The Balaban J connectivity index is 1.58. The molecule has 2 unspecified atom stereocenters. The van der Waals surface area contributed by atoms with Crippen molar-refractivity contribution < 1.29 is 28.8 Å². The topological polar surface area (TPSA) is 148 Å².